The highest BCUT2D eigenvalue weighted by atomic mass is 35.5. The van der Waals surface area contributed by atoms with Crippen LogP contribution in [-0.4, -0.2) is 12.0 Å². The number of hydrogen-bond acceptors (Lipinski definition) is 1. The van der Waals surface area contributed by atoms with Crippen molar-refractivity contribution in [3.63, 3.8) is 0 Å². The lowest BCUT2D eigenvalue weighted by atomic mass is 9.80. The van der Waals surface area contributed by atoms with Crippen molar-refractivity contribution in [1.82, 2.24) is 0 Å². The van der Waals surface area contributed by atoms with Gasteiger partial charge in [-0.2, -0.15) is 0 Å². The smallest absolute Gasteiger partial charge is 0.248 e. The van der Waals surface area contributed by atoms with E-state index in [0.29, 0.717) is 24.3 Å². The normalized spacial score (nSPS) is 21.3. The Labute approximate surface area is 115 Å². The van der Waals surface area contributed by atoms with Crippen LogP contribution in [0.5, 0.6) is 0 Å². The zero-order valence-corrected chi connectivity index (χ0v) is 11.3. The van der Waals surface area contributed by atoms with Gasteiger partial charge in [0.1, 0.15) is 5.82 Å². The minimum atomic E-state index is -2.54. The SMILES string of the molecule is NC(Cc1ccc(F)cc1Cl)C1CCC(F)(F)CC1. The molecule has 1 saturated carbocycles. The van der Waals surface area contributed by atoms with Crippen LogP contribution in [0.4, 0.5) is 13.2 Å². The minimum Gasteiger partial charge on any atom is -0.327 e. The maximum atomic E-state index is 13.1. The summed E-state index contributed by atoms with van der Waals surface area (Å²) in [5, 5.41) is 0.344. The van der Waals surface area contributed by atoms with E-state index < -0.39 is 5.92 Å². The molecule has 5 heteroatoms. The van der Waals surface area contributed by atoms with Gasteiger partial charge in [-0.1, -0.05) is 17.7 Å². The predicted octanol–water partition coefficient (Wildman–Crippen LogP) is 4.17. The van der Waals surface area contributed by atoms with Gasteiger partial charge in [0.05, 0.1) is 0 Å². The molecule has 106 valence electrons. The molecule has 2 rings (SSSR count). The molecule has 0 bridgehead atoms. The average Bonchev–Trinajstić information content (AvgIpc) is 2.32. The molecule has 2 N–H and O–H groups in total. The first-order valence-electron chi connectivity index (χ1n) is 6.45. The Morgan fingerprint density at radius 1 is 1.32 bits per heavy atom. The first kappa shape index (κ1) is 14.7. The topological polar surface area (TPSA) is 26.0 Å². The van der Waals surface area contributed by atoms with Crippen molar-refractivity contribution in [1.29, 1.82) is 0 Å². The lowest BCUT2D eigenvalue weighted by Crippen LogP contribution is -2.37. The van der Waals surface area contributed by atoms with Gasteiger partial charge in [0.15, 0.2) is 0 Å². The van der Waals surface area contributed by atoms with Crippen molar-refractivity contribution in [3.05, 3.63) is 34.6 Å². The number of benzene rings is 1. The van der Waals surface area contributed by atoms with E-state index in [-0.39, 0.29) is 30.6 Å². The van der Waals surface area contributed by atoms with Crippen LogP contribution in [0.2, 0.25) is 5.02 Å². The maximum absolute atomic E-state index is 13.1. The van der Waals surface area contributed by atoms with E-state index in [1.54, 1.807) is 6.07 Å². The molecule has 1 fully saturated rings. The van der Waals surface area contributed by atoms with Gasteiger partial charge in [0, 0.05) is 23.9 Å². The Hall–Kier alpha value is -0.740. The summed E-state index contributed by atoms with van der Waals surface area (Å²) in [5.41, 5.74) is 6.85. The highest BCUT2D eigenvalue weighted by Crippen LogP contribution is 2.37. The van der Waals surface area contributed by atoms with Crippen LogP contribution in [0.3, 0.4) is 0 Å². The molecule has 0 saturated heterocycles. The lowest BCUT2D eigenvalue weighted by molar-refractivity contribution is -0.0481. The monoisotopic (exact) mass is 291 g/mol. The van der Waals surface area contributed by atoms with E-state index in [2.05, 4.69) is 0 Å². The fourth-order valence-electron chi connectivity index (χ4n) is 2.60. The van der Waals surface area contributed by atoms with Gasteiger partial charge in [0.2, 0.25) is 5.92 Å². The number of halogens is 4. The molecule has 1 nitrogen and oxygen atoms in total. The fourth-order valence-corrected chi connectivity index (χ4v) is 2.84. The lowest BCUT2D eigenvalue weighted by Gasteiger charge is -2.32. The first-order valence-corrected chi connectivity index (χ1v) is 6.82. The Morgan fingerprint density at radius 2 is 1.95 bits per heavy atom. The van der Waals surface area contributed by atoms with E-state index in [0.717, 1.165) is 5.56 Å². The molecule has 1 aliphatic rings. The Balaban J connectivity index is 1.96. The van der Waals surface area contributed by atoms with Crippen molar-refractivity contribution in [2.24, 2.45) is 11.7 Å². The molecule has 0 aliphatic heterocycles. The quantitative estimate of drug-likeness (QED) is 0.888. The molecular formula is C14H17ClF3N. The standard InChI is InChI=1S/C14H17ClF3N/c15-12-8-11(16)2-1-10(12)7-13(19)9-3-5-14(17,18)6-4-9/h1-2,8-9,13H,3-7,19H2. The highest BCUT2D eigenvalue weighted by Gasteiger charge is 2.36. The van der Waals surface area contributed by atoms with E-state index >= 15 is 0 Å². The van der Waals surface area contributed by atoms with E-state index in [4.69, 9.17) is 17.3 Å². The van der Waals surface area contributed by atoms with Gasteiger partial charge in [-0.25, -0.2) is 13.2 Å². The third-order valence-corrected chi connectivity index (χ3v) is 4.19. The number of nitrogens with two attached hydrogens (primary N) is 1. The molecule has 1 atom stereocenters. The zero-order valence-electron chi connectivity index (χ0n) is 10.5. The van der Waals surface area contributed by atoms with Crippen molar-refractivity contribution >= 4 is 11.6 Å². The van der Waals surface area contributed by atoms with Crippen LogP contribution in [0.1, 0.15) is 31.2 Å². The molecule has 0 radical (unpaired) electrons. The van der Waals surface area contributed by atoms with Gasteiger partial charge < -0.3 is 5.73 Å². The summed E-state index contributed by atoms with van der Waals surface area (Å²) < 4.78 is 39.1. The fraction of sp³-hybridized carbons (Fsp3) is 0.571. The van der Waals surface area contributed by atoms with Gasteiger partial charge >= 0.3 is 0 Å². The maximum Gasteiger partial charge on any atom is 0.248 e. The third kappa shape index (κ3) is 3.86. The van der Waals surface area contributed by atoms with Gasteiger partial charge in [-0.15, -0.1) is 0 Å². The highest BCUT2D eigenvalue weighted by molar-refractivity contribution is 6.31. The average molecular weight is 292 g/mol. The number of rotatable bonds is 3. The molecule has 19 heavy (non-hydrogen) atoms. The van der Waals surface area contributed by atoms with Crippen LogP contribution in [-0.2, 0) is 6.42 Å². The summed E-state index contributed by atoms with van der Waals surface area (Å²) >= 11 is 5.94. The van der Waals surface area contributed by atoms with Gasteiger partial charge in [0.25, 0.3) is 0 Å². The van der Waals surface area contributed by atoms with Crippen molar-refractivity contribution in [2.45, 2.75) is 44.1 Å². The van der Waals surface area contributed by atoms with Crippen LogP contribution in [0, 0.1) is 11.7 Å². The summed E-state index contributed by atoms with van der Waals surface area (Å²) in [5.74, 6) is -2.84. The molecule has 0 aromatic heterocycles. The van der Waals surface area contributed by atoms with Crippen LogP contribution in [0.25, 0.3) is 0 Å². The summed E-state index contributed by atoms with van der Waals surface area (Å²) in [6.07, 6.45) is 1.18. The molecule has 1 aromatic rings. The Kier molecular flexibility index (Phi) is 4.41. The molecule has 1 unspecified atom stereocenters. The second-order valence-electron chi connectivity index (χ2n) is 5.30. The number of alkyl halides is 2. The molecule has 1 aromatic carbocycles. The summed E-state index contributed by atoms with van der Waals surface area (Å²) in [6, 6.07) is 3.98. The predicted molar refractivity (Wildman–Crippen MR) is 70.0 cm³/mol. The summed E-state index contributed by atoms with van der Waals surface area (Å²) in [6.45, 7) is 0. The van der Waals surface area contributed by atoms with Crippen LogP contribution in [0.15, 0.2) is 18.2 Å². The second-order valence-corrected chi connectivity index (χ2v) is 5.70. The largest absolute Gasteiger partial charge is 0.327 e. The van der Waals surface area contributed by atoms with Gasteiger partial charge in [-0.05, 0) is 42.9 Å². The van der Waals surface area contributed by atoms with Crippen LogP contribution >= 0.6 is 11.6 Å². The Morgan fingerprint density at radius 3 is 2.53 bits per heavy atom. The first-order chi connectivity index (χ1) is 8.87. The Bertz CT molecular complexity index is 440. The summed E-state index contributed by atoms with van der Waals surface area (Å²) in [4.78, 5) is 0. The minimum absolute atomic E-state index is 0.0840. The van der Waals surface area contributed by atoms with Crippen molar-refractivity contribution in [2.75, 3.05) is 0 Å². The molecule has 0 heterocycles. The zero-order chi connectivity index (χ0) is 14.0. The number of hydrogen-bond donors (Lipinski definition) is 1. The molecule has 0 spiro atoms. The van der Waals surface area contributed by atoms with Crippen molar-refractivity contribution in [3.8, 4) is 0 Å². The molecular weight excluding hydrogens is 275 g/mol. The van der Waals surface area contributed by atoms with E-state index in [9.17, 15) is 13.2 Å². The van der Waals surface area contributed by atoms with Gasteiger partial charge in [-0.3, -0.25) is 0 Å². The van der Waals surface area contributed by atoms with Crippen LogP contribution < -0.4 is 5.73 Å². The second kappa shape index (κ2) is 5.71. The van der Waals surface area contributed by atoms with E-state index in [1.807, 2.05) is 0 Å². The van der Waals surface area contributed by atoms with E-state index in [1.165, 1.54) is 12.1 Å². The molecule has 0 amide bonds. The third-order valence-electron chi connectivity index (χ3n) is 3.84. The van der Waals surface area contributed by atoms with Crippen molar-refractivity contribution < 1.29 is 13.2 Å². The summed E-state index contributed by atoms with van der Waals surface area (Å²) in [7, 11) is 0. The molecule has 1 aliphatic carbocycles.